The number of hydrogen-bond donors (Lipinski definition) is 1. The molecule has 0 bridgehead atoms. The Kier molecular flexibility index (Phi) is 5.16. The number of hydrogen-bond acceptors (Lipinski definition) is 7. The largest absolute Gasteiger partial charge is 0.401 e. The standard InChI is InChI=1S/C19H22N6O4S/c1-12-6-8-14(9-7-12)30(27,28)25-10-4-5-16(25)17(26)20-19-22-21-18(29-19)15-11-13(2)24(3)23-15/h6-9,11,16H,4-5,10H2,1-3H3,(H,20,22,26). The Balaban J connectivity index is 1.51. The molecule has 1 atom stereocenters. The molecular weight excluding hydrogens is 408 g/mol. The maximum Gasteiger partial charge on any atom is 0.322 e. The molecule has 1 saturated heterocycles. The van der Waals surface area contributed by atoms with E-state index in [1.807, 2.05) is 13.8 Å². The van der Waals surface area contributed by atoms with E-state index in [0.717, 1.165) is 11.3 Å². The average molecular weight is 430 g/mol. The monoisotopic (exact) mass is 430 g/mol. The van der Waals surface area contributed by atoms with E-state index in [1.54, 1.807) is 42.1 Å². The maximum atomic E-state index is 13.0. The van der Waals surface area contributed by atoms with E-state index in [4.69, 9.17) is 4.42 Å². The van der Waals surface area contributed by atoms with Gasteiger partial charge in [-0.1, -0.05) is 22.8 Å². The third kappa shape index (κ3) is 3.73. The van der Waals surface area contributed by atoms with E-state index >= 15 is 0 Å². The van der Waals surface area contributed by atoms with Gasteiger partial charge in [-0.3, -0.25) is 14.8 Å². The van der Waals surface area contributed by atoms with E-state index in [0.29, 0.717) is 18.5 Å². The van der Waals surface area contributed by atoms with E-state index in [-0.39, 0.29) is 23.3 Å². The summed E-state index contributed by atoms with van der Waals surface area (Å²) in [6.45, 7) is 4.04. The third-order valence-corrected chi connectivity index (χ3v) is 7.04. The molecule has 1 aromatic carbocycles. The molecule has 3 heterocycles. The Bertz CT molecular complexity index is 1160. The van der Waals surface area contributed by atoms with E-state index in [2.05, 4.69) is 20.6 Å². The van der Waals surface area contributed by atoms with Crippen molar-refractivity contribution in [3.8, 4) is 11.6 Å². The van der Waals surface area contributed by atoms with E-state index in [9.17, 15) is 13.2 Å². The smallest absolute Gasteiger partial charge is 0.322 e. The fraction of sp³-hybridized carbons (Fsp3) is 0.368. The van der Waals surface area contributed by atoms with Crippen molar-refractivity contribution in [1.29, 1.82) is 0 Å². The molecule has 0 saturated carbocycles. The van der Waals surface area contributed by atoms with Gasteiger partial charge in [0.1, 0.15) is 11.7 Å². The van der Waals surface area contributed by atoms with Crippen LogP contribution in [0, 0.1) is 13.8 Å². The first-order chi connectivity index (χ1) is 14.3. The highest BCUT2D eigenvalue weighted by Crippen LogP contribution is 2.27. The van der Waals surface area contributed by atoms with Gasteiger partial charge in [0, 0.05) is 19.3 Å². The molecule has 3 aromatic rings. The van der Waals surface area contributed by atoms with Gasteiger partial charge in [-0.25, -0.2) is 8.42 Å². The van der Waals surface area contributed by atoms with Gasteiger partial charge in [0.05, 0.1) is 4.90 Å². The minimum Gasteiger partial charge on any atom is -0.401 e. The first-order valence-electron chi connectivity index (χ1n) is 9.49. The van der Waals surface area contributed by atoms with Crippen molar-refractivity contribution in [1.82, 2.24) is 24.3 Å². The molecule has 11 heteroatoms. The highest BCUT2D eigenvalue weighted by molar-refractivity contribution is 7.89. The Morgan fingerprint density at radius 1 is 1.20 bits per heavy atom. The molecule has 1 aliphatic heterocycles. The number of nitrogens with one attached hydrogen (secondary N) is 1. The molecule has 1 N–H and O–H groups in total. The lowest BCUT2D eigenvalue weighted by Gasteiger charge is -2.22. The summed E-state index contributed by atoms with van der Waals surface area (Å²) < 4.78 is 34.4. The molecule has 30 heavy (non-hydrogen) atoms. The molecule has 1 fully saturated rings. The molecule has 1 aliphatic rings. The summed E-state index contributed by atoms with van der Waals surface area (Å²) in [6, 6.07) is 7.41. The second-order valence-electron chi connectivity index (χ2n) is 7.28. The normalized spacial score (nSPS) is 17.4. The first kappa shape index (κ1) is 20.2. The molecular formula is C19H22N6O4S. The van der Waals surface area contributed by atoms with Crippen molar-refractivity contribution >= 4 is 21.9 Å². The lowest BCUT2D eigenvalue weighted by molar-refractivity contribution is -0.119. The summed E-state index contributed by atoms with van der Waals surface area (Å²) in [5, 5.41) is 14.5. The van der Waals surface area contributed by atoms with Crippen molar-refractivity contribution in [2.75, 3.05) is 11.9 Å². The lowest BCUT2D eigenvalue weighted by atomic mass is 10.2. The molecule has 0 spiro atoms. The zero-order valence-electron chi connectivity index (χ0n) is 16.9. The minimum atomic E-state index is -3.79. The number of nitrogens with zero attached hydrogens (tertiary/aromatic N) is 5. The van der Waals surface area contributed by atoms with Crippen LogP contribution in [0.5, 0.6) is 0 Å². The maximum absolute atomic E-state index is 13.0. The summed E-state index contributed by atoms with van der Waals surface area (Å²) in [7, 11) is -2.00. The quantitative estimate of drug-likeness (QED) is 0.655. The Labute approximate surface area is 174 Å². The summed E-state index contributed by atoms with van der Waals surface area (Å²) in [5.74, 6) is -0.333. The average Bonchev–Trinajstić information content (AvgIpc) is 3.43. The molecule has 158 valence electrons. The van der Waals surface area contributed by atoms with Gasteiger partial charge >= 0.3 is 6.01 Å². The van der Waals surface area contributed by atoms with Crippen molar-refractivity contribution in [3.05, 3.63) is 41.6 Å². The first-order valence-corrected chi connectivity index (χ1v) is 10.9. The summed E-state index contributed by atoms with van der Waals surface area (Å²) in [5.41, 5.74) is 2.36. The van der Waals surface area contributed by atoms with Gasteiger partial charge < -0.3 is 4.42 Å². The van der Waals surface area contributed by atoms with Crippen molar-refractivity contribution in [2.24, 2.45) is 7.05 Å². The van der Waals surface area contributed by atoms with Gasteiger partial charge in [0.15, 0.2) is 0 Å². The van der Waals surface area contributed by atoms with Crippen LogP contribution in [0.15, 0.2) is 39.6 Å². The zero-order chi connectivity index (χ0) is 21.5. The second kappa shape index (κ2) is 7.65. The number of carbonyl (C=O) groups is 1. The summed E-state index contributed by atoms with van der Waals surface area (Å²) in [6.07, 6.45) is 1.00. The number of carbonyl (C=O) groups excluding carboxylic acids is 1. The number of anilines is 1. The van der Waals surface area contributed by atoms with Crippen LogP contribution < -0.4 is 5.32 Å². The molecule has 0 radical (unpaired) electrons. The van der Waals surface area contributed by atoms with Crippen LogP contribution in [-0.4, -0.2) is 51.2 Å². The van der Waals surface area contributed by atoms with Crippen LogP contribution in [0.3, 0.4) is 0 Å². The van der Waals surface area contributed by atoms with E-state index in [1.165, 1.54) is 4.31 Å². The van der Waals surface area contributed by atoms with Crippen molar-refractivity contribution < 1.29 is 17.6 Å². The lowest BCUT2D eigenvalue weighted by Crippen LogP contribution is -2.43. The minimum absolute atomic E-state index is 0.0992. The number of rotatable bonds is 5. The van der Waals surface area contributed by atoms with Crippen LogP contribution >= 0.6 is 0 Å². The predicted octanol–water partition coefficient (Wildman–Crippen LogP) is 1.88. The van der Waals surface area contributed by atoms with Gasteiger partial charge in [-0.2, -0.15) is 9.40 Å². The van der Waals surface area contributed by atoms with Crippen LogP contribution in [-0.2, 0) is 21.9 Å². The molecule has 1 amide bonds. The van der Waals surface area contributed by atoms with Gasteiger partial charge in [0.25, 0.3) is 5.89 Å². The molecule has 4 rings (SSSR count). The molecule has 0 aliphatic carbocycles. The van der Waals surface area contributed by atoms with Gasteiger partial charge in [-0.15, -0.1) is 5.10 Å². The highest BCUT2D eigenvalue weighted by Gasteiger charge is 2.39. The fourth-order valence-corrected chi connectivity index (χ4v) is 5.02. The highest BCUT2D eigenvalue weighted by atomic mass is 32.2. The number of aryl methyl sites for hydroxylation is 3. The van der Waals surface area contributed by atoms with Crippen LogP contribution in [0.4, 0.5) is 6.01 Å². The Hall–Kier alpha value is -3.05. The third-order valence-electron chi connectivity index (χ3n) is 5.12. The number of amides is 1. The molecule has 1 unspecified atom stereocenters. The van der Waals surface area contributed by atoms with Crippen molar-refractivity contribution in [3.63, 3.8) is 0 Å². The SMILES string of the molecule is Cc1ccc(S(=O)(=O)N2CCCC2C(=O)Nc2nnc(-c3cc(C)n(C)n3)o2)cc1. The van der Waals surface area contributed by atoms with Crippen LogP contribution in [0.2, 0.25) is 0 Å². The summed E-state index contributed by atoms with van der Waals surface area (Å²) in [4.78, 5) is 13.0. The molecule has 2 aromatic heterocycles. The Morgan fingerprint density at radius 2 is 1.93 bits per heavy atom. The number of sulfonamides is 1. The van der Waals surface area contributed by atoms with Crippen LogP contribution in [0.1, 0.15) is 24.1 Å². The van der Waals surface area contributed by atoms with Gasteiger partial charge in [-0.05, 0) is 44.9 Å². The zero-order valence-corrected chi connectivity index (χ0v) is 17.7. The number of benzene rings is 1. The summed E-state index contributed by atoms with van der Waals surface area (Å²) >= 11 is 0. The topological polar surface area (TPSA) is 123 Å². The van der Waals surface area contributed by atoms with Crippen molar-refractivity contribution in [2.45, 2.75) is 37.6 Å². The number of aromatic nitrogens is 4. The van der Waals surface area contributed by atoms with Gasteiger partial charge in [0.2, 0.25) is 15.9 Å². The predicted molar refractivity (Wildman–Crippen MR) is 108 cm³/mol. The van der Waals surface area contributed by atoms with Crippen LogP contribution in [0.25, 0.3) is 11.6 Å². The fourth-order valence-electron chi connectivity index (χ4n) is 3.37. The second-order valence-corrected chi connectivity index (χ2v) is 9.17. The Morgan fingerprint density at radius 3 is 2.60 bits per heavy atom. The van der Waals surface area contributed by atoms with E-state index < -0.39 is 22.0 Å². The molecule has 10 nitrogen and oxygen atoms in total.